The fourth-order valence-corrected chi connectivity index (χ4v) is 4.36. The maximum atomic E-state index is 5.27. The summed E-state index contributed by atoms with van der Waals surface area (Å²) in [7, 11) is 8.35. The molecule has 1 heterocycles. The van der Waals surface area contributed by atoms with Crippen LogP contribution in [0, 0.1) is 0 Å². The molecule has 5 rings (SSSR count). The molecule has 0 aromatic heterocycles. The molecular formula is C28H28N4. The molecule has 1 aliphatic heterocycles. The molecule has 4 nitrogen and oxygen atoms in total. The zero-order valence-electron chi connectivity index (χ0n) is 19.1. The maximum Gasteiger partial charge on any atom is 0.0731 e. The predicted molar refractivity (Wildman–Crippen MR) is 137 cm³/mol. The van der Waals surface area contributed by atoms with Crippen LogP contribution < -0.4 is 0 Å². The van der Waals surface area contributed by atoms with Gasteiger partial charge in [-0.2, -0.15) is 0 Å². The van der Waals surface area contributed by atoms with E-state index in [4.69, 9.17) is 9.98 Å². The molecule has 0 bridgehead atoms. The Morgan fingerprint density at radius 1 is 0.531 bits per heavy atom. The Morgan fingerprint density at radius 3 is 1.22 bits per heavy atom. The van der Waals surface area contributed by atoms with Gasteiger partial charge in [0.05, 0.1) is 22.8 Å². The van der Waals surface area contributed by atoms with E-state index < -0.39 is 0 Å². The van der Waals surface area contributed by atoms with Crippen LogP contribution in [0.3, 0.4) is 0 Å². The molecule has 0 N–H and O–H groups in total. The third-order valence-corrected chi connectivity index (χ3v) is 5.79. The molecule has 1 aliphatic rings. The zero-order valence-corrected chi connectivity index (χ0v) is 19.1. The quantitative estimate of drug-likeness (QED) is 0.426. The van der Waals surface area contributed by atoms with Crippen molar-refractivity contribution in [2.24, 2.45) is 9.98 Å². The normalized spacial score (nSPS) is 13.6. The van der Waals surface area contributed by atoms with Gasteiger partial charge in [0.2, 0.25) is 0 Å². The first-order chi connectivity index (χ1) is 15.5. The van der Waals surface area contributed by atoms with Gasteiger partial charge in [0.1, 0.15) is 0 Å². The molecule has 160 valence electrons. The van der Waals surface area contributed by atoms with Gasteiger partial charge in [-0.05, 0) is 74.0 Å². The van der Waals surface area contributed by atoms with Gasteiger partial charge in [-0.1, -0.05) is 48.5 Å². The van der Waals surface area contributed by atoms with Crippen molar-refractivity contribution in [3.05, 3.63) is 83.9 Å². The number of hydrogen-bond donors (Lipinski definition) is 0. The summed E-state index contributed by atoms with van der Waals surface area (Å²) in [4.78, 5) is 14.9. The van der Waals surface area contributed by atoms with E-state index in [1.807, 2.05) is 0 Å². The minimum absolute atomic E-state index is 0.746. The Morgan fingerprint density at radius 2 is 0.875 bits per heavy atom. The van der Waals surface area contributed by atoms with Crippen LogP contribution in [0.15, 0.2) is 82.8 Å². The van der Waals surface area contributed by atoms with Gasteiger partial charge in [0.15, 0.2) is 0 Å². The molecule has 0 fully saturated rings. The Balaban J connectivity index is 1.84. The number of likely N-dealkylation sites (N-methyl/N-ethyl adjacent to an activating group) is 2. The molecular weight excluding hydrogens is 392 g/mol. The average molecular weight is 421 g/mol. The number of fused-ring (bicyclic) bond motifs is 4. The Kier molecular flexibility index (Phi) is 5.33. The van der Waals surface area contributed by atoms with Gasteiger partial charge < -0.3 is 9.80 Å². The van der Waals surface area contributed by atoms with Gasteiger partial charge in [-0.15, -0.1) is 0 Å². The van der Waals surface area contributed by atoms with Gasteiger partial charge in [0.25, 0.3) is 0 Å². The van der Waals surface area contributed by atoms with E-state index in [-0.39, 0.29) is 0 Å². The van der Waals surface area contributed by atoms with Crippen LogP contribution in [0.4, 0.5) is 11.4 Å². The van der Waals surface area contributed by atoms with Crippen molar-refractivity contribution in [3.63, 3.8) is 0 Å². The molecule has 4 aromatic carbocycles. The highest BCUT2D eigenvalue weighted by Gasteiger charge is 2.20. The van der Waals surface area contributed by atoms with Gasteiger partial charge >= 0.3 is 0 Å². The average Bonchev–Trinajstić information content (AvgIpc) is 2.76. The number of rotatable bonds is 4. The molecule has 0 saturated heterocycles. The summed E-state index contributed by atoms with van der Waals surface area (Å²) in [6.45, 7) is 1.49. The van der Waals surface area contributed by atoms with E-state index in [0.29, 0.717) is 0 Å². The second-order valence-electron chi connectivity index (χ2n) is 9.03. The maximum absolute atomic E-state index is 5.27. The lowest BCUT2D eigenvalue weighted by atomic mass is 9.97. The summed E-state index contributed by atoms with van der Waals surface area (Å²) in [6, 6.07) is 25.9. The van der Waals surface area contributed by atoms with E-state index in [1.54, 1.807) is 0 Å². The van der Waals surface area contributed by atoms with E-state index in [9.17, 15) is 0 Å². The third-order valence-electron chi connectivity index (χ3n) is 5.79. The molecule has 4 aromatic rings. The predicted octanol–water partition coefficient (Wildman–Crippen LogP) is 5.67. The standard InChI is InChI=1S/C28H28N4/c1-31(2)17-27-23-13-19-9-5-7-11-21(19)15-25(23)30-28(18-32(3)4)24-14-20-10-6-8-12-22(20)16-26(24)29-27/h5-16H,17-18H2,1-4H3. The fraction of sp³-hybridized carbons (Fsp3) is 0.214. The van der Waals surface area contributed by atoms with Crippen molar-refractivity contribution in [2.45, 2.75) is 0 Å². The van der Waals surface area contributed by atoms with E-state index in [2.05, 4.69) is 111 Å². The van der Waals surface area contributed by atoms with Crippen LogP contribution in [0.5, 0.6) is 0 Å². The summed E-state index contributed by atoms with van der Waals surface area (Å²) in [5.41, 5.74) is 6.26. The smallest absolute Gasteiger partial charge is 0.0731 e. The van der Waals surface area contributed by atoms with Crippen LogP contribution in [-0.4, -0.2) is 62.5 Å². The molecule has 32 heavy (non-hydrogen) atoms. The first kappa shape index (κ1) is 20.6. The van der Waals surface area contributed by atoms with E-state index in [0.717, 1.165) is 47.0 Å². The Hall–Kier alpha value is -3.34. The minimum atomic E-state index is 0.746. The highest BCUT2D eigenvalue weighted by molar-refractivity contribution is 6.17. The summed E-state index contributed by atoms with van der Waals surface area (Å²) in [6.07, 6.45) is 0. The summed E-state index contributed by atoms with van der Waals surface area (Å²) < 4.78 is 0. The second kappa shape index (κ2) is 8.30. The third kappa shape index (κ3) is 3.95. The fourth-order valence-electron chi connectivity index (χ4n) is 4.36. The lowest BCUT2D eigenvalue weighted by Gasteiger charge is -2.22. The first-order valence-corrected chi connectivity index (χ1v) is 11.0. The summed E-state index contributed by atoms with van der Waals surface area (Å²) in [5.74, 6) is 0. The first-order valence-electron chi connectivity index (χ1n) is 11.0. The topological polar surface area (TPSA) is 31.2 Å². The second-order valence-corrected chi connectivity index (χ2v) is 9.03. The van der Waals surface area contributed by atoms with E-state index in [1.165, 1.54) is 21.5 Å². The SMILES string of the molecule is CN(C)CC1=Nc2cc3ccccc3cc2C(CN(C)C)=Nc2cc3ccccc3cc21. The van der Waals surface area contributed by atoms with Crippen LogP contribution >= 0.6 is 0 Å². The van der Waals surface area contributed by atoms with Gasteiger partial charge in [0, 0.05) is 24.2 Å². The number of nitrogens with zero attached hydrogens (tertiary/aromatic N) is 4. The number of hydrogen-bond acceptors (Lipinski definition) is 4. The molecule has 0 radical (unpaired) electrons. The lowest BCUT2D eigenvalue weighted by Crippen LogP contribution is -2.25. The highest BCUT2D eigenvalue weighted by atomic mass is 15.1. The lowest BCUT2D eigenvalue weighted by molar-refractivity contribution is 0.469. The Bertz CT molecular complexity index is 1270. The minimum Gasteiger partial charge on any atom is -0.304 e. The zero-order chi connectivity index (χ0) is 22.2. The largest absolute Gasteiger partial charge is 0.304 e. The molecule has 0 aliphatic carbocycles. The van der Waals surface area contributed by atoms with Crippen LogP contribution in [0.1, 0.15) is 11.1 Å². The summed E-state index contributed by atoms with van der Waals surface area (Å²) in [5, 5.41) is 4.81. The van der Waals surface area contributed by atoms with Crippen molar-refractivity contribution < 1.29 is 0 Å². The van der Waals surface area contributed by atoms with Crippen LogP contribution in [0.25, 0.3) is 21.5 Å². The van der Waals surface area contributed by atoms with Crippen molar-refractivity contribution in [1.82, 2.24) is 9.80 Å². The number of benzene rings is 4. The summed E-state index contributed by atoms with van der Waals surface area (Å²) >= 11 is 0. The van der Waals surface area contributed by atoms with E-state index >= 15 is 0 Å². The van der Waals surface area contributed by atoms with Gasteiger partial charge in [-0.3, -0.25) is 9.98 Å². The molecule has 0 atom stereocenters. The molecule has 0 amide bonds. The monoisotopic (exact) mass is 420 g/mol. The molecule has 4 heteroatoms. The highest BCUT2D eigenvalue weighted by Crippen LogP contribution is 2.35. The Labute approximate surface area is 189 Å². The van der Waals surface area contributed by atoms with Gasteiger partial charge in [-0.25, -0.2) is 0 Å². The molecule has 0 spiro atoms. The van der Waals surface area contributed by atoms with Crippen molar-refractivity contribution in [2.75, 3.05) is 41.3 Å². The van der Waals surface area contributed by atoms with Crippen molar-refractivity contribution in [3.8, 4) is 0 Å². The van der Waals surface area contributed by atoms with Crippen LogP contribution in [0.2, 0.25) is 0 Å². The van der Waals surface area contributed by atoms with Crippen LogP contribution in [-0.2, 0) is 0 Å². The molecule has 0 saturated carbocycles. The number of aliphatic imine (C=N–C) groups is 2. The van der Waals surface area contributed by atoms with Crippen molar-refractivity contribution in [1.29, 1.82) is 0 Å². The van der Waals surface area contributed by atoms with Crippen molar-refractivity contribution >= 4 is 44.3 Å². The molecule has 0 unspecified atom stereocenters.